The summed E-state index contributed by atoms with van der Waals surface area (Å²) < 4.78 is 0. The van der Waals surface area contributed by atoms with Crippen LogP contribution in [0.15, 0.2) is 24.3 Å². The van der Waals surface area contributed by atoms with Crippen LogP contribution in [-0.4, -0.2) is 35.9 Å². The Hall–Kier alpha value is -0.670. The summed E-state index contributed by atoms with van der Waals surface area (Å²) in [5.74, 6) is 1.43. The van der Waals surface area contributed by atoms with Gasteiger partial charge in [0.15, 0.2) is 0 Å². The fourth-order valence-electron chi connectivity index (χ4n) is 1.54. The maximum atomic E-state index is 12.2. The minimum Gasteiger partial charge on any atom is -0.338 e. The van der Waals surface area contributed by atoms with Crippen molar-refractivity contribution in [2.75, 3.05) is 19.1 Å². The Bertz CT molecular complexity index is 383. The molecule has 0 saturated carbocycles. The highest BCUT2D eigenvalue weighted by molar-refractivity contribution is 7.98. The van der Waals surface area contributed by atoms with Crippen LogP contribution in [0.25, 0.3) is 0 Å². The van der Waals surface area contributed by atoms with Crippen molar-refractivity contribution >= 4 is 29.3 Å². The third-order valence-electron chi connectivity index (χ3n) is 2.72. The van der Waals surface area contributed by atoms with Crippen molar-refractivity contribution in [1.29, 1.82) is 0 Å². The van der Waals surface area contributed by atoms with Crippen LogP contribution in [0.2, 0.25) is 0 Å². The van der Waals surface area contributed by atoms with Gasteiger partial charge in [0.05, 0.1) is 0 Å². The van der Waals surface area contributed by atoms with Crippen LogP contribution in [0.5, 0.6) is 0 Å². The fourth-order valence-corrected chi connectivity index (χ4v) is 2.42. The lowest BCUT2D eigenvalue weighted by atomic mass is 10.1. The van der Waals surface area contributed by atoms with Gasteiger partial charge in [0.2, 0.25) is 0 Å². The van der Waals surface area contributed by atoms with Crippen LogP contribution in [0.1, 0.15) is 22.8 Å². The van der Waals surface area contributed by atoms with Gasteiger partial charge in [0, 0.05) is 30.3 Å². The predicted molar refractivity (Wildman–Crippen MR) is 75.9 cm³/mol. The minimum atomic E-state index is 0.0542. The van der Waals surface area contributed by atoms with Crippen molar-refractivity contribution in [2.45, 2.75) is 18.8 Å². The summed E-state index contributed by atoms with van der Waals surface area (Å²) in [6.07, 6.45) is 2.04. The third kappa shape index (κ3) is 3.93. The molecule has 0 spiro atoms. The molecule has 1 rings (SSSR count). The first-order valence-electron chi connectivity index (χ1n) is 5.51. The van der Waals surface area contributed by atoms with E-state index in [1.54, 1.807) is 16.7 Å². The van der Waals surface area contributed by atoms with Crippen molar-refractivity contribution in [3.05, 3.63) is 35.4 Å². The number of halogens is 1. The quantitative estimate of drug-likeness (QED) is 0.767. The smallest absolute Gasteiger partial charge is 0.253 e. The number of hydrogen-bond donors (Lipinski definition) is 0. The van der Waals surface area contributed by atoms with Gasteiger partial charge < -0.3 is 4.90 Å². The molecule has 0 saturated heterocycles. The van der Waals surface area contributed by atoms with E-state index < -0.39 is 0 Å². The van der Waals surface area contributed by atoms with Crippen molar-refractivity contribution < 1.29 is 4.79 Å². The van der Waals surface area contributed by atoms with E-state index in [1.165, 1.54) is 0 Å². The Morgan fingerprint density at radius 1 is 1.53 bits per heavy atom. The number of benzene rings is 1. The zero-order chi connectivity index (χ0) is 12.8. The van der Waals surface area contributed by atoms with Gasteiger partial charge in [-0.2, -0.15) is 11.8 Å². The Labute approximate surface area is 112 Å². The first-order chi connectivity index (χ1) is 8.10. The Balaban J connectivity index is 2.80. The summed E-state index contributed by atoms with van der Waals surface area (Å²) in [6, 6.07) is 7.73. The molecule has 0 aliphatic rings. The zero-order valence-corrected chi connectivity index (χ0v) is 12.0. The monoisotopic (exact) mass is 271 g/mol. The second-order valence-corrected chi connectivity index (χ2v) is 5.23. The molecule has 4 heteroatoms. The molecule has 17 heavy (non-hydrogen) atoms. The number of alkyl halides is 1. The second-order valence-electron chi connectivity index (χ2n) is 4.05. The molecule has 1 amide bonds. The summed E-state index contributed by atoms with van der Waals surface area (Å²) in [6.45, 7) is 2.06. The number of nitrogens with zero attached hydrogens (tertiary/aromatic N) is 1. The molecule has 1 aromatic carbocycles. The first kappa shape index (κ1) is 14.4. The lowest BCUT2D eigenvalue weighted by molar-refractivity contribution is 0.0757. The minimum absolute atomic E-state index is 0.0542. The number of carbonyl (C=O) groups excluding carboxylic acids is 1. The topological polar surface area (TPSA) is 20.3 Å². The molecular formula is C13H18ClNOS. The molecular weight excluding hydrogens is 254 g/mol. The van der Waals surface area contributed by atoms with Crippen LogP contribution in [0, 0.1) is 0 Å². The van der Waals surface area contributed by atoms with E-state index in [2.05, 4.69) is 6.92 Å². The number of thioether (sulfide) groups is 1. The van der Waals surface area contributed by atoms with Crippen LogP contribution < -0.4 is 0 Å². The highest BCUT2D eigenvalue weighted by atomic mass is 35.5. The molecule has 0 fully saturated rings. The van der Waals surface area contributed by atoms with E-state index in [0.29, 0.717) is 11.4 Å². The van der Waals surface area contributed by atoms with Crippen LogP contribution >= 0.6 is 23.4 Å². The molecule has 0 N–H and O–H groups in total. The molecule has 1 atom stereocenters. The summed E-state index contributed by atoms with van der Waals surface area (Å²) in [7, 11) is 1.84. The number of hydrogen-bond acceptors (Lipinski definition) is 2. The van der Waals surface area contributed by atoms with Crippen LogP contribution in [0.4, 0.5) is 0 Å². The van der Waals surface area contributed by atoms with E-state index >= 15 is 0 Å². The van der Waals surface area contributed by atoms with Crippen molar-refractivity contribution in [1.82, 2.24) is 4.90 Å². The maximum absolute atomic E-state index is 12.2. The standard InChI is InChI=1S/C13H18ClNOS/c1-10(9-17-3)15(2)13(16)12-6-4-5-11(7-12)8-14/h4-7,10H,8-9H2,1-3H3. The third-order valence-corrected chi connectivity index (χ3v) is 3.84. The van der Waals surface area contributed by atoms with Crippen molar-refractivity contribution in [2.24, 2.45) is 0 Å². The van der Waals surface area contributed by atoms with E-state index in [4.69, 9.17) is 11.6 Å². The second kappa shape index (κ2) is 6.92. The maximum Gasteiger partial charge on any atom is 0.253 e. The van der Waals surface area contributed by atoms with Gasteiger partial charge in [0.25, 0.3) is 5.91 Å². The average molecular weight is 272 g/mol. The zero-order valence-electron chi connectivity index (χ0n) is 10.4. The van der Waals surface area contributed by atoms with Gasteiger partial charge >= 0.3 is 0 Å². The molecule has 0 heterocycles. The van der Waals surface area contributed by atoms with Gasteiger partial charge in [-0.1, -0.05) is 12.1 Å². The largest absolute Gasteiger partial charge is 0.338 e. The molecule has 0 aromatic heterocycles. The lowest BCUT2D eigenvalue weighted by Gasteiger charge is -2.24. The number of rotatable bonds is 5. The van der Waals surface area contributed by atoms with Gasteiger partial charge in [-0.05, 0) is 30.9 Å². The number of amides is 1. The fraction of sp³-hybridized carbons (Fsp3) is 0.462. The Morgan fingerprint density at radius 2 is 2.24 bits per heavy atom. The summed E-state index contributed by atoms with van der Waals surface area (Å²) in [4.78, 5) is 14.0. The van der Waals surface area contributed by atoms with E-state index in [9.17, 15) is 4.79 Å². The molecule has 1 aromatic rings. The molecule has 0 aliphatic heterocycles. The Kier molecular flexibility index (Phi) is 5.86. The lowest BCUT2D eigenvalue weighted by Crippen LogP contribution is -2.36. The van der Waals surface area contributed by atoms with Gasteiger partial charge in [-0.3, -0.25) is 4.79 Å². The normalized spacial score (nSPS) is 12.2. The van der Waals surface area contributed by atoms with Crippen molar-refractivity contribution in [3.63, 3.8) is 0 Å². The van der Waals surface area contributed by atoms with E-state index in [0.717, 1.165) is 11.3 Å². The average Bonchev–Trinajstić information content (AvgIpc) is 2.37. The van der Waals surface area contributed by atoms with Gasteiger partial charge in [-0.15, -0.1) is 11.6 Å². The molecule has 0 aliphatic carbocycles. The van der Waals surface area contributed by atoms with Crippen LogP contribution in [0.3, 0.4) is 0 Å². The van der Waals surface area contributed by atoms with Gasteiger partial charge in [0.1, 0.15) is 0 Å². The number of carbonyl (C=O) groups is 1. The molecule has 94 valence electrons. The van der Waals surface area contributed by atoms with E-state index in [-0.39, 0.29) is 11.9 Å². The van der Waals surface area contributed by atoms with Gasteiger partial charge in [-0.25, -0.2) is 0 Å². The van der Waals surface area contributed by atoms with E-state index in [1.807, 2.05) is 37.6 Å². The molecule has 0 radical (unpaired) electrons. The molecule has 1 unspecified atom stereocenters. The first-order valence-corrected chi connectivity index (χ1v) is 7.44. The highest BCUT2D eigenvalue weighted by Crippen LogP contribution is 2.12. The predicted octanol–water partition coefficient (Wildman–Crippen LogP) is 3.25. The van der Waals surface area contributed by atoms with Crippen molar-refractivity contribution in [3.8, 4) is 0 Å². The SMILES string of the molecule is CSCC(C)N(C)C(=O)c1cccc(CCl)c1. The molecule has 0 bridgehead atoms. The highest BCUT2D eigenvalue weighted by Gasteiger charge is 2.16. The summed E-state index contributed by atoms with van der Waals surface area (Å²) >= 11 is 7.51. The molecule has 2 nitrogen and oxygen atoms in total. The summed E-state index contributed by atoms with van der Waals surface area (Å²) in [5, 5.41) is 0. The summed E-state index contributed by atoms with van der Waals surface area (Å²) in [5.41, 5.74) is 1.68. The Morgan fingerprint density at radius 3 is 2.82 bits per heavy atom. The van der Waals surface area contributed by atoms with Crippen LogP contribution in [-0.2, 0) is 5.88 Å².